The molecule has 0 spiro atoms. The molecular formula is C14H15ClN2O2S. The van der Waals surface area contributed by atoms with Gasteiger partial charge in [-0.1, -0.05) is 18.5 Å². The summed E-state index contributed by atoms with van der Waals surface area (Å²) in [6, 6.07) is 3.88. The van der Waals surface area contributed by atoms with E-state index in [0.717, 1.165) is 29.4 Å². The van der Waals surface area contributed by atoms with Crippen molar-refractivity contribution in [1.29, 1.82) is 0 Å². The Morgan fingerprint density at radius 2 is 2.35 bits per heavy atom. The van der Waals surface area contributed by atoms with Gasteiger partial charge in [-0.15, -0.1) is 11.3 Å². The van der Waals surface area contributed by atoms with Gasteiger partial charge < -0.3 is 14.8 Å². The van der Waals surface area contributed by atoms with Crippen LogP contribution in [0.5, 0.6) is 11.5 Å². The van der Waals surface area contributed by atoms with E-state index < -0.39 is 0 Å². The first-order chi connectivity index (χ1) is 9.74. The summed E-state index contributed by atoms with van der Waals surface area (Å²) in [5.41, 5.74) is 1.09. The highest BCUT2D eigenvalue weighted by Crippen LogP contribution is 2.39. The number of fused-ring (bicyclic) bond motifs is 1. The average Bonchev–Trinajstić information content (AvgIpc) is 3.09. The van der Waals surface area contributed by atoms with E-state index in [1.165, 1.54) is 0 Å². The summed E-state index contributed by atoms with van der Waals surface area (Å²) < 4.78 is 10.7. The van der Waals surface area contributed by atoms with E-state index in [0.29, 0.717) is 16.7 Å². The molecule has 0 aliphatic carbocycles. The molecule has 0 amide bonds. The normalized spacial score (nSPS) is 14.5. The predicted molar refractivity (Wildman–Crippen MR) is 79.8 cm³/mol. The minimum Gasteiger partial charge on any atom is -0.454 e. The zero-order chi connectivity index (χ0) is 13.9. The first-order valence-electron chi connectivity index (χ1n) is 6.42. The largest absolute Gasteiger partial charge is 0.454 e. The van der Waals surface area contributed by atoms with E-state index in [1.807, 2.05) is 23.7 Å². The zero-order valence-corrected chi connectivity index (χ0v) is 12.6. The molecule has 0 radical (unpaired) electrons. The van der Waals surface area contributed by atoms with E-state index in [2.05, 4.69) is 17.2 Å². The quantitative estimate of drug-likeness (QED) is 0.919. The van der Waals surface area contributed by atoms with Crippen LogP contribution in [0.2, 0.25) is 5.02 Å². The summed E-state index contributed by atoms with van der Waals surface area (Å²) in [4.78, 5) is 4.32. The Hall–Kier alpha value is -1.30. The number of nitrogens with one attached hydrogen (secondary N) is 1. The summed E-state index contributed by atoms with van der Waals surface area (Å²) in [5.74, 6) is 1.77. The highest BCUT2D eigenvalue weighted by Gasteiger charge is 2.18. The van der Waals surface area contributed by atoms with Crippen molar-refractivity contribution in [3.05, 3.63) is 39.3 Å². The maximum Gasteiger partial charge on any atom is 0.231 e. The van der Waals surface area contributed by atoms with Crippen molar-refractivity contribution < 1.29 is 9.47 Å². The third kappa shape index (κ3) is 2.90. The lowest BCUT2D eigenvalue weighted by molar-refractivity contribution is 0.174. The van der Waals surface area contributed by atoms with Crippen LogP contribution in [0, 0.1) is 0 Å². The Balaban J connectivity index is 1.58. The summed E-state index contributed by atoms with van der Waals surface area (Å²) >= 11 is 7.84. The van der Waals surface area contributed by atoms with Gasteiger partial charge in [-0.3, -0.25) is 0 Å². The molecule has 1 atom stereocenters. The fraction of sp³-hybridized carbons (Fsp3) is 0.357. The third-order valence-electron chi connectivity index (χ3n) is 3.14. The Morgan fingerprint density at radius 3 is 3.15 bits per heavy atom. The molecule has 1 unspecified atom stereocenters. The SMILES string of the molecule is CC(CNCc1cc(Cl)c2c(c1)OCO2)c1nccs1. The number of nitrogens with zero attached hydrogens (tertiary/aromatic N) is 1. The van der Waals surface area contributed by atoms with Crippen LogP contribution in [0.3, 0.4) is 0 Å². The van der Waals surface area contributed by atoms with Gasteiger partial charge in [-0.25, -0.2) is 4.98 Å². The van der Waals surface area contributed by atoms with Crippen molar-refractivity contribution in [3.8, 4) is 11.5 Å². The van der Waals surface area contributed by atoms with E-state index in [-0.39, 0.29) is 6.79 Å². The third-order valence-corrected chi connectivity index (χ3v) is 4.43. The zero-order valence-electron chi connectivity index (χ0n) is 11.1. The van der Waals surface area contributed by atoms with Gasteiger partial charge in [0.1, 0.15) is 0 Å². The number of rotatable bonds is 5. The number of halogens is 1. The highest BCUT2D eigenvalue weighted by molar-refractivity contribution is 7.09. The fourth-order valence-electron chi connectivity index (χ4n) is 2.12. The first-order valence-corrected chi connectivity index (χ1v) is 7.68. The van der Waals surface area contributed by atoms with Crippen LogP contribution in [0.25, 0.3) is 0 Å². The Labute approximate surface area is 126 Å². The fourth-order valence-corrected chi connectivity index (χ4v) is 3.11. The molecule has 20 heavy (non-hydrogen) atoms. The van der Waals surface area contributed by atoms with Crippen molar-refractivity contribution in [3.63, 3.8) is 0 Å². The molecule has 0 saturated carbocycles. The van der Waals surface area contributed by atoms with Gasteiger partial charge in [0.05, 0.1) is 10.0 Å². The first kappa shape index (κ1) is 13.7. The molecule has 1 aromatic carbocycles. The van der Waals surface area contributed by atoms with Crippen molar-refractivity contribution in [2.24, 2.45) is 0 Å². The molecule has 1 aliphatic rings. The molecule has 1 aliphatic heterocycles. The second kappa shape index (κ2) is 5.99. The van der Waals surface area contributed by atoms with Crippen molar-refractivity contribution >= 4 is 22.9 Å². The van der Waals surface area contributed by atoms with E-state index in [1.54, 1.807) is 11.3 Å². The van der Waals surface area contributed by atoms with Crippen molar-refractivity contribution in [1.82, 2.24) is 10.3 Å². The molecule has 0 fully saturated rings. The smallest absolute Gasteiger partial charge is 0.231 e. The highest BCUT2D eigenvalue weighted by atomic mass is 35.5. The van der Waals surface area contributed by atoms with E-state index in [4.69, 9.17) is 21.1 Å². The molecule has 1 aromatic heterocycles. The van der Waals surface area contributed by atoms with Gasteiger partial charge in [0.25, 0.3) is 0 Å². The van der Waals surface area contributed by atoms with E-state index in [9.17, 15) is 0 Å². The molecule has 1 N–H and O–H groups in total. The Morgan fingerprint density at radius 1 is 1.45 bits per heavy atom. The van der Waals surface area contributed by atoms with Crippen molar-refractivity contribution in [2.75, 3.05) is 13.3 Å². The number of benzene rings is 1. The van der Waals surface area contributed by atoms with Crippen LogP contribution in [0.1, 0.15) is 23.4 Å². The summed E-state index contributed by atoms with van der Waals surface area (Å²) in [5, 5.41) is 7.18. The number of hydrogen-bond donors (Lipinski definition) is 1. The van der Waals surface area contributed by atoms with Gasteiger partial charge in [-0.05, 0) is 17.7 Å². The molecule has 0 bridgehead atoms. The van der Waals surface area contributed by atoms with Gasteiger partial charge in [-0.2, -0.15) is 0 Å². The second-order valence-corrected chi connectivity index (χ2v) is 6.05. The predicted octanol–water partition coefficient (Wildman–Crippen LogP) is 3.42. The second-order valence-electron chi connectivity index (χ2n) is 4.71. The van der Waals surface area contributed by atoms with Gasteiger partial charge in [0, 0.05) is 30.6 Å². The number of aromatic nitrogens is 1. The maximum absolute atomic E-state index is 6.16. The van der Waals surface area contributed by atoms with Crippen LogP contribution >= 0.6 is 22.9 Å². The summed E-state index contributed by atoms with van der Waals surface area (Å²) in [6.45, 7) is 4.02. The lowest BCUT2D eigenvalue weighted by Crippen LogP contribution is -2.19. The summed E-state index contributed by atoms with van der Waals surface area (Å²) in [7, 11) is 0. The summed E-state index contributed by atoms with van der Waals surface area (Å²) in [6.07, 6.45) is 1.84. The number of hydrogen-bond acceptors (Lipinski definition) is 5. The average molecular weight is 311 g/mol. The number of thiazole rings is 1. The van der Waals surface area contributed by atoms with Crippen LogP contribution in [-0.2, 0) is 6.54 Å². The van der Waals surface area contributed by atoms with Crippen LogP contribution in [-0.4, -0.2) is 18.3 Å². The number of ether oxygens (including phenoxy) is 2. The van der Waals surface area contributed by atoms with E-state index >= 15 is 0 Å². The monoisotopic (exact) mass is 310 g/mol. The minimum absolute atomic E-state index is 0.243. The Kier molecular flexibility index (Phi) is 4.10. The van der Waals surface area contributed by atoms with Crippen molar-refractivity contribution in [2.45, 2.75) is 19.4 Å². The lowest BCUT2D eigenvalue weighted by Gasteiger charge is -2.11. The molecule has 106 valence electrons. The molecule has 6 heteroatoms. The molecule has 0 saturated heterocycles. The minimum atomic E-state index is 0.243. The lowest BCUT2D eigenvalue weighted by atomic mass is 10.1. The van der Waals surface area contributed by atoms with Gasteiger partial charge >= 0.3 is 0 Å². The standard InChI is InChI=1S/C14H15ClN2O2S/c1-9(14-17-2-3-20-14)6-16-7-10-4-11(15)13-12(5-10)18-8-19-13/h2-5,9,16H,6-8H2,1H3. The molecule has 3 rings (SSSR count). The van der Waals surface area contributed by atoms with Crippen LogP contribution < -0.4 is 14.8 Å². The van der Waals surface area contributed by atoms with Gasteiger partial charge in [0.2, 0.25) is 6.79 Å². The molecule has 2 heterocycles. The topological polar surface area (TPSA) is 43.4 Å². The molecule has 2 aromatic rings. The Bertz CT molecular complexity index is 589. The molecular weight excluding hydrogens is 296 g/mol. The molecule has 4 nitrogen and oxygen atoms in total. The van der Waals surface area contributed by atoms with Crippen LogP contribution in [0.4, 0.5) is 0 Å². The maximum atomic E-state index is 6.16. The van der Waals surface area contributed by atoms with Crippen LogP contribution in [0.15, 0.2) is 23.7 Å². The van der Waals surface area contributed by atoms with Gasteiger partial charge in [0.15, 0.2) is 11.5 Å².